The highest BCUT2D eigenvalue weighted by Gasteiger charge is 2.47. The monoisotopic (exact) mass is 397 g/mol. The SMILES string of the molecule is CCCN1C(=O)C(=O)/C(=C(/O)c2cc(C(C)(C)C)ccc2OC)C1c1ccco1. The fourth-order valence-electron chi connectivity index (χ4n) is 3.60. The van der Waals surface area contributed by atoms with Crippen LogP contribution < -0.4 is 4.74 Å². The second-order valence-electron chi connectivity index (χ2n) is 8.17. The third-order valence-corrected chi connectivity index (χ3v) is 5.14. The molecule has 0 saturated carbocycles. The zero-order valence-corrected chi connectivity index (χ0v) is 17.5. The molecule has 0 spiro atoms. The number of carbonyl (C=O) groups is 2. The lowest BCUT2D eigenvalue weighted by Crippen LogP contribution is -2.30. The smallest absolute Gasteiger partial charge is 0.295 e. The van der Waals surface area contributed by atoms with Gasteiger partial charge in [-0.05, 0) is 41.7 Å². The summed E-state index contributed by atoms with van der Waals surface area (Å²) in [5, 5.41) is 11.2. The minimum atomic E-state index is -0.770. The fourth-order valence-corrected chi connectivity index (χ4v) is 3.60. The zero-order chi connectivity index (χ0) is 21.3. The lowest BCUT2D eigenvalue weighted by molar-refractivity contribution is -0.140. The van der Waals surface area contributed by atoms with Gasteiger partial charge in [0.1, 0.15) is 23.3 Å². The molecule has 1 unspecified atom stereocenters. The Kier molecular flexibility index (Phi) is 5.55. The second kappa shape index (κ2) is 7.78. The highest BCUT2D eigenvalue weighted by Crippen LogP contribution is 2.41. The molecule has 0 bridgehead atoms. The van der Waals surface area contributed by atoms with Crippen LogP contribution in [0.5, 0.6) is 5.75 Å². The van der Waals surface area contributed by atoms with Crippen LogP contribution in [0.1, 0.15) is 57.0 Å². The van der Waals surface area contributed by atoms with Crippen molar-refractivity contribution >= 4 is 17.4 Å². The van der Waals surface area contributed by atoms with Gasteiger partial charge >= 0.3 is 0 Å². The summed E-state index contributed by atoms with van der Waals surface area (Å²) in [6.07, 6.45) is 2.16. The summed E-state index contributed by atoms with van der Waals surface area (Å²) in [7, 11) is 1.50. The lowest BCUT2D eigenvalue weighted by Gasteiger charge is -2.23. The minimum absolute atomic E-state index is 0.0164. The van der Waals surface area contributed by atoms with Crippen molar-refractivity contribution in [2.75, 3.05) is 13.7 Å². The van der Waals surface area contributed by atoms with Gasteiger partial charge in [0.25, 0.3) is 11.7 Å². The summed E-state index contributed by atoms with van der Waals surface area (Å²) < 4.78 is 10.9. The van der Waals surface area contributed by atoms with Crippen LogP contribution in [0.15, 0.2) is 46.6 Å². The molecular formula is C23H27NO5. The molecule has 2 heterocycles. The number of hydrogen-bond donors (Lipinski definition) is 1. The van der Waals surface area contributed by atoms with Crippen LogP contribution in [0.25, 0.3) is 5.76 Å². The summed E-state index contributed by atoms with van der Waals surface area (Å²) in [5.41, 5.74) is 1.20. The molecule has 29 heavy (non-hydrogen) atoms. The quantitative estimate of drug-likeness (QED) is 0.459. The van der Waals surface area contributed by atoms with Gasteiger partial charge in [-0.25, -0.2) is 0 Å². The standard InChI is InChI=1S/C23H27NO5/c1-6-11-24-19(17-8-7-12-29-17)18(21(26)22(24)27)20(25)15-13-14(23(2,3)4)9-10-16(15)28-5/h7-10,12-13,19,25H,6,11H2,1-5H3/b20-18+. The van der Waals surface area contributed by atoms with Crippen LogP contribution in [0, 0.1) is 0 Å². The van der Waals surface area contributed by atoms with E-state index in [2.05, 4.69) is 20.8 Å². The molecule has 1 atom stereocenters. The largest absolute Gasteiger partial charge is 0.507 e. The number of nitrogens with zero attached hydrogens (tertiary/aromatic N) is 1. The summed E-state index contributed by atoms with van der Waals surface area (Å²) in [6.45, 7) is 8.48. The van der Waals surface area contributed by atoms with Crippen molar-refractivity contribution in [2.24, 2.45) is 0 Å². The number of furan rings is 1. The first-order valence-corrected chi connectivity index (χ1v) is 9.71. The molecule has 3 rings (SSSR count). The molecule has 2 aromatic rings. The molecule has 0 aliphatic carbocycles. The van der Waals surface area contributed by atoms with Gasteiger partial charge < -0.3 is 19.2 Å². The van der Waals surface area contributed by atoms with E-state index in [4.69, 9.17) is 9.15 Å². The average molecular weight is 397 g/mol. The Balaban J connectivity index is 2.24. The molecule has 1 aliphatic rings. The van der Waals surface area contributed by atoms with Crippen LogP contribution in [0.4, 0.5) is 0 Å². The third kappa shape index (κ3) is 3.67. The van der Waals surface area contributed by atoms with Crippen LogP contribution in [-0.2, 0) is 15.0 Å². The predicted octanol–water partition coefficient (Wildman–Crippen LogP) is 4.42. The number of ether oxygens (including phenoxy) is 1. The van der Waals surface area contributed by atoms with Gasteiger partial charge in [-0.3, -0.25) is 9.59 Å². The third-order valence-electron chi connectivity index (χ3n) is 5.14. The Morgan fingerprint density at radius 3 is 2.52 bits per heavy atom. The zero-order valence-electron chi connectivity index (χ0n) is 17.5. The minimum Gasteiger partial charge on any atom is -0.507 e. The number of benzene rings is 1. The van der Waals surface area contributed by atoms with Gasteiger partial charge in [0.05, 0.1) is 24.5 Å². The number of aliphatic hydroxyl groups is 1. The van der Waals surface area contributed by atoms with E-state index in [1.807, 2.05) is 13.0 Å². The van der Waals surface area contributed by atoms with Gasteiger partial charge in [0.15, 0.2) is 0 Å². The first-order valence-electron chi connectivity index (χ1n) is 9.71. The van der Waals surface area contributed by atoms with Crippen LogP contribution in [0.2, 0.25) is 0 Å². The molecular weight excluding hydrogens is 370 g/mol. The Morgan fingerprint density at radius 1 is 1.24 bits per heavy atom. The topological polar surface area (TPSA) is 80.0 Å². The number of ketones is 1. The number of likely N-dealkylation sites (tertiary alicyclic amines) is 1. The highest BCUT2D eigenvalue weighted by molar-refractivity contribution is 6.46. The number of hydrogen-bond acceptors (Lipinski definition) is 5. The normalized spacial score (nSPS) is 19.1. The van der Waals surface area contributed by atoms with E-state index < -0.39 is 17.7 Å². The van der Waals surface area contributed by atoms with Crippen molar-refractivity contribution in [3.05, 3.63) is 59.1 Å². The van der Waals surface area contributed by atoms with E-state index in [1.54, 1.807) is 24.3 Å². The Hall–Kier alpha value is -3.02. The van der Waals surface area contributed by atoms with Gasteiger partial charge in [0, 0.05) is 6.54 Å². The van der Waals surface area contributed by atoms with Gasteiger partial charge in [0.2, 0.25) is 0 Å². The van der Waals surface area contributed by atoms with Crippen molar-refractivity contribution in [1.82, 2.24) is 4.90 Å². The highest BCUT2D eigenvalue weighted by atomic mass is 16.5. The Bertz CT molecular complexity index is 950. The van der Waals surface area contributed by atoms with Crippen molar-refractivity contribution in [3.8, 4) is 5.75 Å². The average Bonchev–Trinajstić information content (AvgIpc) is 3.29. The second-order valence-corrected chi connectivity index (χ2v) is 8.17. The number of carbonyl (C=O) groups excluding carboxylic acids is 2. The van der Waals surface area contributed by atoms with E-state index in [0.717, 1.165) is 5.56 Å². The molecule has 154 valence electrons. The molecule has 1 aromatic heterocycles. The van der Waals surface area contributed by atoms with Crippen molar-refractivity contribution in [2.45, 2.75) is 45.6 Å². The van der Waals surface area contributed by atoms with Gasteiger partial charge in [-0.1, -0.05) is 33.8 Å². The molecule has 1 aromatic carbocycles. The first-order chi connectivity index (χ1) is 13.7. The van der Waals surface area contributed by atoms with Crippen LogP contribution in [0.3, 0.4) is 0 Å². The molecule has 1 fully saturated rings. The number of rotatable bonds is 5. The maximum absolute atomic E-state index is 12.9. The van der Waals surface area contributed by atoms with Crippen LogP contribution >= 0.6 is 0 Å². The van der Waals surface area contributed by atoms with Crippen LogP contribution in [-0.4, -0.2) is 35.4 Å². The van der Waals surface area contributed by atoms with E-state index in [-0.39, 0.29) is 16.7 Å². The summed E-state index contributed by atoms with van der Waals surface area (Å²) in [4.78, 5) is 27.0. The molecule has 1 aliphatic heterocycles. The summed E-state index contributed by atoms with van der Waals surface area (Å²) in [5.74, 6) is -0.756. The number of aliphatic hydroxyl groups excluding tert-OH is 1. The summed E-state index contributed by atoms with van der Waals surface area (Å²) >= 11 is 0. The number of amides is 1. The first kappa shape index (κ1) is 20.7. The Morgan fingerprint density at radius 2 is 1.97 bits per heavy atom. The van der Waals surface area contributed by atoms with Gasteiger partial charge in [-0.15, -0.1) is 0 Å². The van der Waals surface area contributed by atoms with E-state index >= 15 is 0 Å². The predicted molar refractivity (Wildman–Crippen MR) is 110 cm³/mol. The number of methoxy groups -OCH3 is 1. The number of Topliss-reactive ketones (excluding diaryl/α,β-unsaturated/α-hetero) is 1. The fraction of sp³-hybridized carbons (Fsp3) is 0.391. The van der Waals surface area contributed by atoms with Crippen molar-refractivity contribution < 1.29 is 23.8 Å². The van der Waals surface area contributed by atoms with Crippen molar-refractivity contribution in [3.63, 3.8) is 0 Å². The maximum Gasteiger partial charge on any atom is 0.295 e. The van der Waals surface area contributed by atoms with E-state index in [1.165, 1.54) is 18.3 Å². The molecule has 1 saturated heterocycles. The Labute approximate surface area is 170 Å². The van der Waals surface area contributed by atoms with E-state index in [9.17, 15) is 14.7 Å². The molecule has 1 N–H and O–H groups in total. The molecule has 6 heteroatoms. The van der Waals surface area contributed by atoms with E-state index in [0.29, 0.717) is 30.0 Å². The summed E-state index contributed by atoms with van der Waals surface area (Å²) in [6, 6.07) is 8.13. The molecule has 6 nitrogen and oxygen atoms in total. The van der Waals surface area contributed by atoms with Crippen molar-refractivity contribution in [1.29, 1.82) is 0 Å². The maximum atomic E-state index is 12.9. The lowest BCUT2D eigenvalue weighted by atomic mass is 9.85. The molecule has 1 amide bonds. The van der Waals surface area contributed by atoms with Gasteiger partial charge in [-0.2, -0.15) is 0 Å². The molecule has 0 radical (unpaired) electrons.